The number of aliphatic hydroxyl groups excluding tert-OH is 1. The van der Waals surface area contributed by atoms with Crippen LogP contribution in [0.3, 0.4) is 0 Å². The van der Waals surface area contributed by atoms with Crippen molar-refractivity contribution in [1.82, 2.24) is 0 Å². The highest BCUT2D eigenvalue weighted by Crippen LogP contribution is 2.34. The third kappa shape index (κ3) is 2.70. The lowest BCUT2D eigenvalue weighted by Crippen LogP contribution is -2.02. The quantitative estimate of drug-likeness (QED) is 0.918. The van der Waals surface area contributed by atoms with Crippen molar-refractivity contribution in [2.45, 2.75) is 32.3 Å². The molecule has 0 fully saturated rings. The standard InChI is InChI=1S/C18H20O2/c1-13-4-2-5-14(12-13)8-9-17(19)16-7-3-6-15-10-11-20-18(15)16/h2-7,12,17,19H,8-11H2,1H3. The fraction of sp³-hybridized carbons (Fsp3) is 0.333. The zero-order valence-corrected chi connectivity index (χ0v) is 11.8. The van der Waals surface area contributed by atoms with E-state index in [0.717, 1.165) is 37.2 Å². The van der Waals surface area contributed by atoms with Gasteiger partial charge in [-0.2, -0.15) is 0 Å². The first-order valence-corrected chi connectivity index (χ1v) is 7.22. The van der Waals surface area contributed by atoms with Crippen LogP contribution < -0.4 is 4.74 Å². The summed E-state index contributed by atoms with van der Waals surface area (Å²) in [7, 11) is 0. The fourth-order valence-electron chi connectivity index (χ4n) is 2.83. The lowest BCUT2D eigenvalue weighted by molar-refractivity contribution is 0.163. The van der Waals surface area contributed by atoms with Gasteiger partial charge in [-0.1, -0.05) is 48.0 Å². The largest absolute Gasteiger partial charge is 0.493 e. The molecule has 0 bridgehead atoms. The van der Waals surface area contributed by atoms with Gasteiger partial charge in [0, 0.05) is 12.0 Å². The highest BCUT2D eigenvalue weighted by molar-refractivity contribution is 5.45. The van der Waals surface area contributed by atoms with Crippen LogP contribution in [-0.4, -0.2) is 11.7 Å². The Balaban J connectivity index is 1.71. The predicted molar refractivity (Wildman–Crippen MR) is 80.1 cm³/mol. The van der Waals surface area contributed by atoms with E-state index in [1.54, 1.807) is 0 Å². The molecule has 1 aliphatic heterocycles. The summed E-state index contributed by atoms with van der Waals surface area (Å²) in [5.41, 5.74) is 4.70. The number of hydrogen-bond acceptors (Lipinski definition) is 2. The van der Waals surface area contributed by atoms with Crippen LogP contribution in [0.25, 0.3) is 0 Å². The number of fused-ring (bicyclic) bond motifs is 1. The van der Waals surface area contributed by atoms with Crippen LogP contribution in [0.1, 0.15) is 34.8 Å². The topological polar surface area (TPSA) is 29.5 Å². The van der Waals surface area contributed by atoms with Gasteiger partial charge in [0.2, 0.25) is 0 Å². The molecule has 2 aromatic rings. The van der Waals surface area contributed by atoms with E-state index in [9.17, 15) is 5.11 Å². The molecule has 0 amide bonds. The van der Waals surface area contributed by atoms with Crippen LogP contribution in [0.4, 0.5) is 0 Å². The summed E-state index contributed by atoms with van der Waals surface area (Å²) in [6.45, 7) is 2.83. The van der Waals surface area contributed by atoms with Gasteiger partial charge in [0.15, 0.2) is 0 Å². The monoisotopic (exact) mass is 268 g/mol. The van der Waals surface area contributed by atoms with Crippen molar-refractivity contribution in [1.29, 1.82) is 0 Å². The van der Waals surface area contributed by atoms with Crippen molar-refractivity contribution in [3.63, 3.8) is 0 Å². The third-order valence-corrected chi connectivity index (χ3v) is 3.89. The highest BCUT2D eigenvalue weighted by atomic mass is 16.5. The van der Waals surface area contributed by atoms with Crippen LogP contribution in [0.5, 0.6) is 5.75 Å². The number of aliphatic hydroxyl groups is 1. The first-order chi connectivity index (χ1) is 9.74. The van der Waals surface area contributed by atoms with Crippen LogP contribution in [0.2, 0.25) is 0 Å². The third-order valence-electron chi connectivity index (χ3n) is 3.89. The number of hydrogen-bond donors (Lipinski definition) is 1. The minimum Gasteiger partial charge on any atom is -0.493 e. The molecule has 104 valence electrons. The average Bonchev–Trinajstić information content (AvgIpc) is 2.93. The van der Waals surface area contributed by atoms with Gasteiger partial charge in [0.25, 0.3) is 0 Å². The van der Waals surface area contributed by atoms with Crippen LogP contribution in [0.15, 0.2) is 42.5 Å². The Morgan fingerprint density at radius 1 is 1.20 bits per heavy atom. The maximum atomic E-state index is 10.4. The van der Waals surface area contributed by atoms with Gasteiger partial charge in [-0.25, -0.2) is 0 Å². The van der Waals surface area contributed by atoms with Crippen molar-refractivity contribution in [2.24, 2.45) is 0 Å². The first-order valence-electron chi connectivity index (χ1n) is 7.22. The fourth-order valence-corrected chi connectivity index (χ4v) is 2.83. The lowest BCUT2D eigenvalue weighted by atomic mass is 9.98. The number of aryl methyl sites for hydroxylation is 2. The Bertz CT molecular complexity index is 604. The summed E-state index contributed by atoms with van der Waals surface area (Å²) in [5, 5.41) is 10.4. The normalized spacial score (nSPS) is 14.7. The molecule has 20 heavy (non-hydrogen) atoms. The molecule has 2 nitrogen and oxygen atoms in total. The molecule has 1 heterocycles. The van der Waals surface area contributed by atoms with Crippen LogP contribution in [-0.2, 0) is 12.8 Å². The van der Waals surface area contributed by atoms with E-state index in [0.29, 0.717) is 0 Å². The molecule has 1 unspecified atom stereocenters. The Morgan fingerprint density at radius 2 is 2.05 bits per heavy atom. The van der Waals surface area contributed by atoms with Gasteiger partial charge in [-0.15, -0.1) is 0 Å². The molecule has 3 rings (SSSR count). The molecule has 2 aromatic carbocycles. The van der Waals surface area contributed by atoms with E-state index in [4.69, 9.17) is 4.74 Å². The second kappa shape index (κ2) is 5.68. The number of rotatable bonds is 4. The van der Waals surface area contributed by atoms with E-state index < -0.39 is 6.10 Å². The summed E-state index contributed by atoms with van der Waals surface area (Å²) in [5.74, 6) is 0.907. The van der Waals surface area contributed by atoms with Gasteiger partial charge >= 0.3 is 0 Å². The van der Waals surface area contributed by atoms with Crippen LogP contribution >= 0.6 is 0 Å². The van der Waals surface area contributed by atoms with E-state index in [-0.39, 0.29) is 0 Å². The lowest BCUT2D eigenvalue weighted by Gasteiger charge is -2.14. The van der Waals surface area contributed by atoms with Crippen LogP contribution in [0, 0.1) is 6.92 Å². The van der Waals surface area contributed by atoms with Crippen molar-refractivity contribution in [3.05, 3.63) is 64.7 Å². The second-order valence-electron chi connectivity index (χ2n) is 5.48. The number of benzene rings is 2. The zero-order chi connectivity index (χ0) is 13.9. The summed E-state index contributed by atoms with van der Waals surface area (Å²) in [6.07, 6.45) is 2.10. The van der Waals surface area contributed by atoms with E-state index in [2.05, 4.69) is 37.3 Å². The molecule has 2 heteroatoms. The molecule has 0 saturated heterocycles. The van der Waals surface area contributed by atoms with Crippen molar-refractivity contribution in [3.8, 4) is 5.75 Å². The number of ether oxygens (including phenoxy) is 1. The Labute approximate surface area is 120 Å². The molecule has 0 aliphatic carbocycles. The minimum atomic E-state index is -0.455. The summed E-state index contributed by atoms with van der Waals surface area (Å²) >= 11 is 0. The molecule has 0 saturated carbocycles. The minimum absolute atomic E-state index is 0.455. The predicted octanol–water partition coefficient (Wildman–Crippen LogP) is 3.60. The first kappa shape index (κ1) is 13.2. The molecule has 0 spiro atoms. The number of para-hydroxylation sites is 1. The Hall–Kier alpha value is -1.80. The molecular formula is C18H20O2. The van der Waals surface area contributed by atoms with Gasteiger partial charge in [0.1, 0.15) is 5.75 Å². The van der Waals surface area contributed by atoms with Gasteiger partial charge < -0.3 is 9.84 Å². The second-order valence-corrected chi connectivity index (χ2v) is 5.48. The summed E-state index contributed by atoms with van der Waals surface area (Å²) in [6, 6.07) is 14.5. The van der Waals surface area contributed by atoms with E-state index >= 15 is 0 Å². The Kier molecular flexibility index (Phi) is 3.75. The maximum absolute atomic E-state index is 10.4. The molecule has 0 radical (unpaired) electrons. The molecular weight excluding hydrogens is 248 g/mol. The van der Waals surface area contributed by atoms with E-state index in [1.165, 1.54) is 16.7 Å². The average molecular weight is 268 g/mol. The molecule has 1 N–H and O–H groups in total. The maximum Gasteiger partial charge on any atom is 0.128 e. The van der Waals surface area contributed by atoms with Gasteiger partial charge in [-0.3, -0.25) is 0 Å². The zero-order valence-electron chi connectivity index (χ0n) is 11.8. The Morgan fingerprint density at radius 3 is 2.90 bits per heavy atom. The van der Waals surface area contributed by atoms with Gasteiger partial charge in [-0.05, 0) is 30.9 Å². The molecule has 1 atom stereocenters. The van der Waals surface area contributed by atoms with Crippen molar-refractivity contribution < 1.29 is 9.84 Å². The van der Waals surface area contributed by atoms with Crippen molar-refractivity contribution >= 4 is 0 Å². The highest BCUT2D eigenvalue weighted by Gasteiger charge is 2.20. The molecule has 0 aromatic heterocycles. The smallest absolute Gasteiger partial charge is 0.128 e. The SMILES string of the molecule is Cc1cccc(CCC(O)c2cccc3c2OCC3)c1. The van der Waals surface area contributed by atoms with E-state index in [1.807, 2.05) is 12.1 Å². The van der Waals surface area contributed by atoms with Crippen molar-refractivity contribution in [2.75, 3.05) is 6.61 Å². The summed E-state index contributed by atoms with van der Waals surface area (Å²) < 4.78 is 5.66. The summed E-state index contributed by atoms with van der Waals surface area (Å²) in [4.78, 5) is 0. The molecule has 1 aliphatic rings. The van der Waals surface area contributed by atoms with Gasteiger partial charge in [0.05, 0.1) is 12.7 Å².